The molecule has 3 N–H and O–H groups in total. The van der Waals surface area contributed by atoms with Crippen LogP contribution in [0.4, 0.5) is 18.0 Å². The first-order valence-electron chi connectivity index (χ1n) is 11.4. The van der Waals surface area contributed by atoms with Gasteiger partial charge in [-0.3, -0.25) is 14.9 Å². The number of likely N-dealkylation sites (tertiary alicyclic amines) is 1. The van der Waals surface area contributed by atoms with Crippen molar-refractivity contribution in [3.05, 3.63) is 64.7 Å². The molecule has 1 fully saturated rings. The molecule has 1 saturated heterocycles. The summed E-state index contributed by atoms with van der Waals surface area (Å²) >= 11 is 0. The maximum atomic E-state index is 14.0. The summed E-state index contributed by atoms with van der Waals surface area (Å²) in [7, 11) is 1.22. The van der Waals surface area contributed by atoms with Crippen LogP contribution in [0.5, 0.6) is 5.75 Å². The minimum Gasteiger partial charge on any atom is -0.496 e. The van der Waals surface area contributed by atoms with E-state index in [2.05, 4.69) is 10.3 Å². The Kier molecular flexibility index (Phi) is 8.74. The summed E-state index contributed by atoms with van der Waals surface area (Å²) in [6.45, 7) is 1.99. The molecule has 0 spiro atoms. The average molecular weight is 521 g/mol. The minimum atomic E-state index is -4.75. The van der Waals surface area contributed by atoms with E-state index in [9.17, 15) is 27.6 Å². The number of nitrogens with zero attached hydrogens (tertiary/aromatic N) is 2. The Balaban J connectivity index is 1.79. The second kappa shape index (κ2) is 11.8. The predicted molar refractivity (Wildman–Crippen MR) is 128 cm³/mol. The van der Waals surface area contributed by atoms with Crippen molar-refractivity contribution in [1.29, 1.82) is 0 Å². The van der Waals surface area contributed by atoms with E-state index in [1.165, 1.54) is 20.1 Å². The van der Waals surface area contributed by atoms with Gasteiger partial charge in [-0.05, 0) is 42.0 Å². The molecule has 1 aliphatic rings. The topological polar surface area (TPSA) is 123 Å². The van der Waals surface area contributed by atoms with Crippen LogP contribution in [0.3, 0.4) is 0 Å². The molecule has 0 aliphatic carbocycles. The van der Waals surface area contributed by atoms with E-state index in [4.69, 9.17) is 15.2 Å². The van der Waals surface area contributed by atoms with Gasteiger partial charge >= 0.3 is 12.3 Å². The Labute approximate surface area is 211 Å². The quantitative estimate of drug-likeness (QED) is 0.457. The maximum Gasteiger partial charge on any atom is 0.437 e. The number of hydrogen-bond donors (Lipinski definition) is 2. The normalized spacial score (nSPS) is 14.7. The second-order valence-electron chi connectivity index (χ2n) is 8.41. The Morgan fingerprint density at radius 1 is 1.14 bits per heavy atom. The van der Waals surface area contributed by atoms with E-state index in [1.54, 1.807) is 35.2 Å². The molecule has 3 rings (SSSR count). The van der Waals surface area contributed by atoms with Gasteiger partial charge in [0.25, 0.3) is 5.91 Å². The summed E-state index contributed by atoms with van der Waals surface area (Å²) in [5.41, 5.74) is 4.86. The first-order valence-corrected chi connectivity index (χ1v) is 11.4. The molecule has 1 aliphatic heterocycles. The summed E-state index contributed by atoms with van der Waals surface area (Å²) in [5, 5.41) is 2.09. The fourth-order valence-corrected chi connectivity index (χ4v) is 4.09. The van der Waals surface area contributed by atoms with Crippen molar-refractivity contribution in [2.75, 3.05) is 20.2 Å². The van der Waals surface area contributed by atoms with E-state index in [1.807, 2.05) is 0 Å². The van der Waals surface area contributed by atoms with E-state index in [0.717, 1.165) is 0 Å². The van der Waals surface area contributed by atoms with E-state index < -0.39 is 41.2 Å². The van der Waals surface area contributed by atoms with Crippen molar-refractivity contribution in [2.45, 2.75) is 38.5 Å². The number of methoxy groups -OCH3 is 1. The number of aliphatic imine (C=N–C) groups is 1. The maximum absolute atomic E-state index is 14.0. The highest BCUT2D eigenvalue weighted by Crippen LogP contribution is 2.42. The van der Waals surface area contributed by atoms with Gasteiger partial charge in [0, 0.05) is 20.0 Å². The number of guanidine groups is 1. The van der Waals surface area contributed by atoms with E-state index >= 15 is 0 Å². The highest BCUT2D eigenvalue weighted by molar-refractivity contribution is 6.08. The van der Waals surface area contributed by atoms with Gasteiger partial charge in [0.2, 0.25) is 11.9 Å². The molecule has 0 atom stereocenters. The molecule has 0 radical (unpaired) electrons. The highest BCUT2D eigenvalue weighted by atomic mass is 19.4. The molecule has 37 heavy (non-hydrogen) atoms. The lowest BCUT2D eigenvalue weighted by atomic mass is 9.85. The van der Waals surface area contributed by atoms with Crippen molar-refractivity contribution in [3.63, 3.8) is 0 Å². The Hall–Kier alpha value is -4.09. The molecule has 9 nitrogen and oxygen atoms in total. The van der Waals surface area contributed by atoms with Crippen molar-refractivity contribution in [3.8, 4) is 5.75 Å². The number of carbonyl (C=O) groups is 3. The Bertz CT molecular complexity index is 1180. The Morgan fingerprint density at radius 3 is 2.35 bits per heavy atom. The van der Waals surface area contributed by atoms with E-state index in [-0.39, 0.29) is 23.8 Å². The number of piperidine rings is 1. The van der Waals surface area contributed by atoms with Crippen molar-refractivity contribution < 1.29 is 37.0 Å². The zero-order valence-electron chi connectivity index (χ0n) is 20.3. The lowest BCUT2D eigenvalue weighted by Gasteiger charge is -2.33. The van der Waals surface area contributed by atoms with Gasteiger partial charge in [0.05, 0.1) is 18.2 Å². The predicted octanol–water partition coefficient (Wildman–Crippen LogP) is 3.82. The zero-order valence-corrected chi connectivity index (χ0v) is 20.3. The molecule has 2 aromatic carbocycles. The fourth-order valence-electron chi connectivity index (χ4n) is 4.09. The van der Waals surface area contributed by atoms with Crippen LogP contribution in [0.1, 0.15) is 52.7 Å². The van der Waals surface area contributed by atoms with Crippen LogP contribution in [0.25, 0.3) is 0 Å². The number of amides is 3. The standard InChI is InChI=1S/C25H27F3N4O5/c1-15(33)32-10-8-17(9-11-32)18-13-21(36-2)19(12-20(18)25(26,27)28)22(34)30-23(29)31-24(35)37-14-16-6-4-3-5-7-16/h3-7,12-13,17H,8-11,14H2,1-2H3,(H3,29,30,31,34,35). The van der Waals surface area contributed by atoms with Crippen LogP contribution in [0.2, 0.25) is 0 Å². The number of benzene rings is 2. The third-order valence-corrected chi connectivity index (χ3v) is 5.96. The summed E-state index contributed by atoms with van der Waals surface area (Å²) in [6.07, 6.45) is -5.17. The molecule has 2 aromatic rings. The van der Waals surface area contributed by atoms with Crippen molar-refractivity contribution in [2.24, 2.45) is 10.7 Å². The van der Waals surface area contributed by atoms with Crippen LogP contribution in [0, 0.1) is 0 Å². The van der Waals surface area contributed by atoms with Gasteiger partial charge in [0.1, 0.15) is 12.4 Å². The summed E-state index contributed by atoms with van der Waals surface area (Å²) in [4.78, 5) is 41.2. The number of hydrogen-bond acceptors (Lipinski definition) is 5. The van der Waals surface area contributed by atoms with Gasteiger partial charge in [-0.2, -0.15) is 13.2 Å². The highest BCUT2D eigenvalue weighted by Gasteiger charge is 2.38. The minimum absolute atomic E-state index is 0.0183. The molecule has 3 amide bonds. The third-order valence-electron chi connectivity index (χ3n) is 5.96. The van der Waals surface area contributed by atoms with Gasteiger partial charge in [-0.1, -0.05) is 30.3 Å². The number of nitrogens with two attached hydrogens (primary N) is 1. The molecule has 12 heteroatoms. The molecule has 0 bridgehead atoms. The summed E-state index contributed by atoms with van der Waals surface area (Å²) in [5.74, 6) is -2.42. The smallest absolute Gasteiger partial charge is 0.437 e. The average Bonchev–Trinajstić information content (AvgIpc) is 2.86. The van der Waals surface area contributed by atoms with Crippen LogP contribution in [0.15, 0.2) is 47.5 Å². The molecule has 1 heterocycles. The second-order valence-corrected chi connectivity index (χ2v) is 8.41. The van der Waals surface area contributed by atoms with E-state index in [0.29, 0.717) is 37.6 Å². The number of alkyl halides is 3. The molecule has 0 unspecified atom stereocenters. The monoisotopic (exact) mass is 520 g/mol. The van der Waals surface area contributed by atoms with Crippen LogP contribution >= 0.6 is 0 Å². The Morgan fingerprint density at radius 2 is 1.78 bits per heavy atom. The third kappa shape index (κ3) is 7.21. The largest absolute Gasteiger partial charge is 0.496 e. The van der Waals surface area contributed by atoms with Crippen LogP contribution < -0.4 is 15.8 Å². The molecule has 198 valence electrons. The molecular formula is C25H27F3N4O5. The summed E-state index contributed by atoms with van der Waals surface area (Å²) < 4.78 is 52.2. The zero-order chi connectivity index (χ0) is 27.2. The molecule has 0 aromatic heterocycles. The van der Waals surface area contributed by atoms with Crippen molar-refractivity contribution >= 4 is 23.9 Å². The van der Waals surface area contributed by atoms with Crippen LogP contribution in [-0.2, 0) is 22.3 Å². The first kappa shape index (κ1) is 27.5. The molecule has 0 saturated carbocycles. The van der Waals surface area contributed by atoms with Gasteiger partial charge < -0.3 is 20.1 Å². The number of halogens is 3. The SMILES string of the molecule is COc1cc(C2CCN(C(C)=O)CC2)c(C(F)(F)F)cc1C(=O)N/C(N)=N\C(=O)OCc1ccccc1. The number of ether oxygens (including phenoxy) is 2. The number of carbonyl (C=O) groups excluding carboxylic acids is 3. The van der Waals surface area contributed by atoms with Gasteiger partial charge in [-0.25, -0.2) is 4.79 Å². The van der Waals surface area contributed by atoms with Crippen molar-refractivity contribution in [1.82, 2.24) is 10.2 Å². The van der Waals surface area contributed by atoms with Crippen LogP contribution in [-0.4, -0.2) is 49.0 Å². The van der Waals surface area contributed by atoms with Gasteiger partial charge in [0.15, 0.2) is 0 Å². The lowest BCUT2D eigenvalue weighted by molar-refractivity contribution is -0.139. The van der Waals surface area contributed by atoms with Gasteiger partial charge in [-0.15, -0.1) is 4.99 Å². The lowest BCUT2D eigenvalue weighted by Crippen LogP contribution is -2.38. The first-order chi connectivity index (χ1) is 17.5. The fraction of sp³-hybridized carbons (Fsp3) is 0.360. The number of nitrogens with one attached hydrogen (secondary N) is 1. The number of rotatable bonds is 5. The summed E-state index contributed by atoms with van der Waals surface area (Å²) in [6, 6.07) is 10.6. The molecular weight excluding hydrogens is 493 g/mol.